The van der Waals surface area contributed by atoms with Gasteiger partial charge in [-0.15, -0.1) is 0 Å². The Kier molecular flexibility index (Phi) is 3.42. The minimum Gasteiger partial charge on any atom is -0.459 e. The second-order valence-corrected chi connectivity index (χ2v) is 5.42. The molecule has 0 amide bonds. The maximum Gasteiger partial charge on any atom is 0.134 e. The molecule has 1 unspecified atom stereocenters. The van der Waals surface area contributed by atoms with Crippen LogP contribution in [0.15, 0.2) is 46.9 Å². The third-order valence-corrected chi connectivity index (χ3v) is 3.81. The molecule has 2 nitrogen and oxygen atoms in total. The zero-order valence-electron chi connectivity index (χ0n) is 12.4. The van der Waals surface area contributed by atoms with E-state index in [1.807, 2.05) is 31.2 Å². The number of para-hydroxylation sites is 1. The maximum absolute atomic E-state index is 13.3. The number of rotatable bonds is 3. The van der Waals surface area contributed by atoms with Gasteiger partial charge in [0, 0.05) is 16.6 Å². The van der Waals surface area contributed by atoms with Gasteiger partial charge in [-0.05, 0) is 50.6 Å². The number of hydrogen-bond donors (Lipinski definition) is 1. The van der Waals surface area contributed by atoms with E-state index in [9.17, 15) is 4.39 Å². The quantitative estimate of drug-likeness (QED) is 0.699. The number of halogens is 1. The van der Waals surface area contributed by atoms with Crippen LogP contribution in [0.5, 0.6) is 0 Å². The van der Waals surface area contributed by atoms with Crippen LogP contribution < -0.4 is 5.32 Å². The van der Waals surface area contributed by atoms with E-state index < -0.39 is 0 Å². The van der Waals surface area contributed by atoms with Crippen molar-refractivity contribution in [3.63, 3.8) is 0 Å². The van der Waals surface area contributed by atoms with E-state index in [0.29, 0.717) is 5.56 Å². The average molecular weight is 283 g/mol. The Hall–Kier alpha value is -2.29. The van der Waals surface area contributed by atoms with Crippen LogP contribution in [-0.4, -0.2) is 0 Å². The summed E-state index contributed by atoms with van der Waals surface area (Å²) >= 11 is 0. The van der Waals surface area contributed by atoms with Gasteiger partial charge in [0.15, 0.2) is 0 Å². The standard InChI is InChI=1S/C18H18FNO/c1-11-10-14(8-9-16(11)19)20-13(3)18-12(2)15-6-4-5-7-17(15)21-18/h4-10,13,20H,1-3H3. The lowest BCUT2D eigenvalue weighted by Crippen LogP contribution is -2.07. The molecular weight excluding hydrogens is 265 g/mol. The molecule has 0 saturated heterocycles. The Balaban J connectivity index is 1.91. The molecule has 0 fully saturated rings. The van der Waals surface area contributed by atoms with Gasteiger partial charge >= 0.3 is 0 Å². The number of aryl methyl sites for hydroxylation is 2. The predicted molar refractivity (Wildman–Crippen MR) is 84.1 cm³/mol. The summed E-state index contributed by atoms with van der Waals surface area (Å²) in [6.07, 6.45) is 0. The highest BCUT2D eigenvalue weighted by Crippen LogP contribution is 2.31. The Bertz CT molecular complexity index is 791. The first-order valence-electron chi connectivity index (χ1n) is 7.07. The fourth-order valence-electron chi connectivity index (χ4n) is 2.66. The van der Waals surface area contributed by atoms with Crippen molar-refractivity contribution >= 4 is 16.7 Å². The molecule has 0 saturated carbocycles. The molecule has 0 aliphatic heterocycles. The summed E-state index contributed by atoms with van der Waals surface area (Å²) < 4.78 is 19.3. The normalized spacial score (nSPS) is 12.6. The zero-order chi connectivity index (χ0) is 15.0. The second-order valence-electron chi connectivity index (χ2n) is 5.42. The number of nitrogens with one attached hydrogen (secondary N) is 1. The van der Waals surface area contributed by atoms with E-state index in [0.717, 1.165) is 28.0 Å². The van der Waals surface area contributed by atoms with E-state index in [4.69, 9.17) is 4.42 Å². The molecule has 1 atom stereocenters. The van der Waals surface area contributed by atoms with Crippen LogP contribution in [0.4, 0.5) is 10.1 Å². The van der Waals surface area contributed by atoms with Crippen LogP contribution in [-0.2, 0) is 0 Å². The van der Waals surface area contributed by atoms with E-state index in [1.165, 1.54) is 6.07 Å². The van der Waals surface area contributed by atoms with Crippen molar-refractivity contribution in [2.24, 2.45) is 0 Å². The SMILES string of the molecule is Cc1cc(NC(C)c2oc3ccccc3c2C)ccc1F. The fraction of sp³-hybridized carbons (Fsp3) is 0.222. The molecule has 3 heteroatoms. The minimum absolute atomic E-state index is 0.0160. The van der Waals surface area contributed by atoms with Crippen molar-refractivity contribution in [1.29, 1.82) is 0 Å². The monoisotopic (exact) mass is 283 g/mol. The molecular formula is C18H18FNO. The molecule has 0 bridgehead atoms. The van der Waals surface area contributed by atoms with Crippen LogP contribution >= 0.6 is 0 Å². The Morgan fingerprint density at radius 3 is 2.57 bits per heavy atom. The van der Waals surface area contributed by atoms with Gasteiger partial charge < -0.3 is 9.73 Å². The number of furan rings is 1. The van der Waals surface area contributed by atoms with Crippen molar-refractivity contribution in [1.82, 2.24) is 0 Å². The highest BCUT2D eigenvalue weighted by atomic mass is 19.1. The van der Waals surface area contributed by atoms with Gasteiger partial charge in [0.25, 0.3) is 0 Å². The molecule has 0 aliphatic rings. The lowest BCUT2D eigenvalue weighted by Gasteiger charge is -2.14. The highest BCUT2D eigenvalue weighted by Gasteiger charge is 2.16. The summed E-state index contributed by atoms with van der Waals surface area (Å²) in [6.45, 7) is 5.87. The number of anilines is 1. The summed E-state index contributed by atoms with van der Waals surface area (Å²) in [4.78, 5) is 0. The van der Waals surface area contributed by atoms with E-state index >= 15 is 0 Å². The topological polar surface area (TPSA) is 25.2 Å². The van der Waals surface area contributed by atoms with Crippen molar-refractivity contribution in [3.8, 4) is 0 Å². The summed E-state index contributed by atoms with van der Waals surface area (Å²) in [5, 5.41) is 4.50. The molecule has 0 spiro atoms. The summed E-state index contributed by atoms with van der Waals surface area (Å²) in [5.41, 5.74) is 3.56. The van der Waals surface area contributed by atoms with Crippen LogP contribution in [0.25, 0.3) is 11.0 Å². The molecule has 0 radical (unpaired) electrons. The summed E-state index contributed by atoms with van der Waals surface area (Å²) in [7, 11) is 0. The third-order valence-electron chi connectivity index (χ3n) is 3.81. The third kappa shape index (κ3) is 2.51. The zero-order valence-corrected chi connectivity index (χ0v) is 12.4. The Morgan fingerprint density at radius 2 is 1.86 bits per heavy atom. The number of benzene rings is 2. The van der Waals surface area contributed by atoms with E-state index in [2.05, 4.69) is 18.3 Å². The van der Waals surface area contributed by atoms with Gasteiger partial charge in [0.1, 0.15) is 17.2 Å². The smallest absolute Gasteiger partial charge is 0.134 e. The molecule has 108 valence electrons. The van der Waals surface area contributed by atoms with Crippen molar-refractivity contribution in [2.75, 3.05) is 5.32 Å². The molecule has 1 aromatic heterocycles. The molecule has 21 heavy (non-hydrogen) atoms. The number of fused-ring (bicyclic) bond motifs is 1. The van der Waals surface area contributed by atoms with Gasteiger partial charge in [-0.3, -0.25) is 0 Å². The average Bonchev–Trinajstić information content (AvgIpc) is 2.81. The molecule has 1 heterocycles. The fourth-order valence-corrected chi connectivity index (χ4v) is 2.66. The molecule has 3 aromatic rings. The number of hydrogen-bond acceptors (Lipinski definition) is 2. The van der Waals surface area contributed by atoms with Crippen LogP contribution in [0.2, 0.25) is 0 Å². The highest BCUT2D eigenvalue weighted by molar-refractivity contribution is 5.82. The Morgan fingerprint density at radius 1 is 1.10 bits per heavy atom. The van der Waals surface area contributed by atoms with E-state index in [1.54, 1.807) is 13.0 Å². The van der Waals surface area contributed by atoms with Crippen molar-refractivity contribution < 1.29 is 8.81 Å². The lowest BCUT2D eigenvalue weighted by molar-refractivity contribution is 0.522. The first-order chi connectivity index (χ1) is 10.1. The summed E-state index contributed by atoms with van der Waals surface area (Å²) in [6, 6.07) is 13.1. The van der Waals surface area contributed by atoms with Crippen molar-refractivity contribution in [3.05, 3.63) is 65.2 Å². The van der Waals surface area contributed by atoms with Gasteiger partial charge in [-0.1, -0.05) is 18.2 Å². The largest absolute Gasteiger partial charge is 0.459 e. The van der Waals surface area contributed by atoms with Crippen LogP contribution in [0.3, 0.4) is 0 Å². The molecule has 1 N–H and O–H groups in total. The lowest BCUT2D eigenvalue weighted by atomic mass is 10.1. The van der Waals surface area contributed by atoms with Gasteiger partial charge in [0.2, 0.25) is 0 Å². The van der Waals surface area contributed by atoms with Gasteiger partial charge in [0.05, 0.1) is 6.04 Å². The second kappa shape index (κ2) is 5.24. The minimum atomic E-state index is -0.187. The maximum atomic E-state index is 13.3. The Labute approximate surface area is 123 Å². The first-order valence-corrected chi connectivity index (χ1v) is 7.07. The summed E-state index contributed by atoms with van der Waals surface area (Å²) in [5.74, 6) is 0.728. The van der Waals surface area contributed by atoms with Crippen LogP contribution in [0, 0.1) is 19.7 Å². The van der Waals surface area contributed by atoms with Crippen LogP contribution in [0.1, 0.15) is 29.9 Å². The molecule has 2 aromatic carbocycles. The van der Waals surface area contributed by atoms with Gasteiger partial charge in [-0.2, -0.15) is 0 Å². The van der Waals surface area contributed by atoms with E-state index in [-0.39, 0.29) is 11.9 Å². The first kappa shape index (κ1) is 13.7. The molecule has 0 aliphatic carbocycles. The molecule has 3 rings (SSSR count). The van der Waals surface area contributed by atoms with Gasteiger partial charge in [-0.25, -0.2) is 4.39 Å². The van der Waals surface area contributed by atoms with Crippen molar-refractivity contribution in [2.45, 2.75) is 26.8 Å². The predicted octanol–water partition coefficient (Wildman–Crippen LogP) is 5.36.